The third-order valence-corrected chi connectivity index (χ3v) is 12.3. The molecule has 63 heavy (non-hydrogen) atoms. The summed E-state index contributed by atoms with van der Waals surface area (Å²) in [6.07, 6.45) is 54.2. The Morgan fingerprint density at radius 1 is 0.587 bits per heavy atom. The highest BCUT2D eigenvalue weighted by atomic mass is 31.2. The van der Waals surface area contributed by atoms with E-state index in [4.69, 9.17) is 9.05 Å². The van der Waals surface area contributed by atoms with Crippen LogP contribution < -0.4 is 10.2 Å². The van der Waals surface area contributed by atoms with Crippen LogP contribution in [-0.2, 0) is 18.4 Å². The Hall–Kier alpha value is -1.84. The van der Waals surface area contributed by atoms with E-state index in [9.17, 15) is 24.5 Å². The lowest BCUT2D eigenvalue weighted by atomic mass is 10.0. The van der Waals surface area contributed by atoms with Gasteiger partial charge in [-0.05, 0) is 77.0 Å². The minimum Gasteiger partial charge on any atom is -0.756 e. The molecule has 4 atom stereocenters. The number of carbonyl (C=O) groups is 1. The van der Waals surface area contributed by atoms with Crippen LogP contribution in [0, 0.1) is 0 Å². The van der Waals surface area contributed by atoms with Crippen molar-refractivity contribution in [3.05, 3.63) is 60.8 Å². The minimum atomic E-state index is -4.68. The van der Waals surface area contributed by atoms with Gasteiger partial charge in [-0.3, -0.25) is 9.36 Å². The molecule has 0 bridgehead atoms. The van der Waals surface area contributed by atoms with Crippen molar-refractivity contribution in [2.24, 2.45) is 0 Å². The number of hydrogen-bond acceptors (Lipinski definition) is 7. The van der Waals surface area contributed by atoms with E-state index in [-0.39, 0.29) is 18.9 Å². The number of quaternary nitrogens is 1. The molecule has 0 aromatic heterocycles. The van der Waals surface area contributed by atoms with E-state index in [1.807, 2.05) is 21.1 Å². The van der Waals surface area contributed by atoms with E-state index in [1.54, 1.807) is 0 Å². The molecule has 0 aliphatic carbocycles. The largest absolute Gasteiger partial charge is 0.756 e. The molecule has 0 aliphatic heterocycles. The van der Waals surface area contributed by atoms with Gasteiger partial charge in [-0.15, -0.1) is 0 Å². The van der Waals surface area contributed by atoms with Crippen LogP contribution in [0.15, 0.2) is 60.8 Å². The highest BCUT2D eigenvalue weighted by molar-refractivity contribution is 7.45. The van der Waals surface area contributed by atoms with Crippen molar-refractivity contribution in [3.63, 3.8) is 0 Å². The monoisotopic (exact) mass is 907 g/mol. The van der Waals surface area contributed by atoms with Crippen molar-refractivity contribution in [1.29, 1.82) is 0 Å². The van der Waals surface area contributed by atoms with E-state index in [1.165, 1.54) is 116 Å². The lowest BCUT2D eigenvalue weighted by Crippen LogP contribution is -2.51. The maximum Gasteiger partial charge on any atom is 0.268 e. The fourth-order valence-corrected chi connectivity index (χ4v) is 7.97. The molecule has 10 heteroatoms. The predicted octanol–water partition coefficient (Wildman–Crippen LogP) is 13.3. The van der Waals surface area contributed by atoms with Crippen molar-refractivity contribution in [2.45, 2.75) is 231 Å². The van der Waals surface area contributed by atoms with E-state index in [2.05, 4.69) is 79.9 Å². The molecule has 0 saturated carbocycles. The average Bonchev–Trinajstić information content (AvgIpc) is 3.24. The number of hydrogen-bond donors (Lipinski definition) is 3. The van der Waals surface area contributed by atoms with E-state index >= 15 is 0 Å². The van der Waals surface area contributed by atoms with Gasteiger partial charge in [0.1, 0.15) is 19.3 Å². The molecule has 4 unspecified atom stereocenters. The predicted molar refractivity (Wildman–Crippen MR) is 267 cm³/mol. The van der Waals surface area contributed by atoms with Gasteiger partial charge in [0.15, 0.2) is 0 Å². The first-order valence-electron chi connectivity index (χ1n) is 25.7. The Balaban J connectivity index is 4.27. The van der Waals surface area contributed by atoms with Crippen LogP contribution in [0.3, 0.4) is 0 Å². The molecular formula is C53H99N2O7P. The fraction of sp³-hybridized carbons (Fsp3) is 0.792. The third kappa shape index (κ3) is 45.1. The first-order chi connectivity index (χ1) is 30.4. The zero-order chi connectivity index (χ0) is 46.5. The number of aliphatic hydroxyl groups excluding tert-OH is 2. The van der Waals surface area contributed by atoms with E-state index in [0.717, 1.165) is 57.8 Å². The summed E-state index contributed by atoms with van der Waals surface area (Å²) in [7, 11) is 1.10. The molecule has 0 aromatic rings. The molecule has 0 aromatic carbocycles. The molecular weight excluding hydrogens is 808 g/mol. The number of rotatable bonds is 46. The number of allylic oxidation sites excluding steroid dienone is 10. The van der Waals surface area contributed by atoms with Gasteiger partial charge in [0.2, 0.25) is 5.91 Å². The van der Waals surface area contributed by atoms with Crippen LogP contribution in [0.1, 0.15) is 213 Å². The number of phosphoric ester groups is 1. The number of unbranched alkanes of at least 4 members (excludes halogenated alkanes) is 22. The Labute approximate surface area is 388 Å². The summed E-state index contributed by atoms with van der Waals surface area (Å²) in [6.45, 7) is 4.29. The molecule has 0 saturated heterocycles. The lowest BCUT2D eigenvalue weighted by molar-refractivity contribution is -0.870. The Bertz CT molecular complexity index is 1230. The topological polar surface area (TPSA) is 128 Å². The summed E-state index contributed by atoms with van der Waals surface area (Å²) in [4.78, 5) is 25.5. The van der Waals surface area contributed by atoms with Crippen molar-refractivity contribution < 1.29 is 38.0 Å². The molecule has 9 nitrogen and oxygen atoms in total. The van der Waals surface area contributed by atoms with Gasteiger partial charge in [-0.25, -0.2) is 0 Å². The van der Waals surface area contributed by atoms with Gasteiger partial charge < -0.3 is 34.0 Å². The summed E-state index contributed by atoms with van der Waals surface area (Å²) in [5, 5.41) is 24.6. The zero-order valence-corrected chi connectivity index (χ0v) is 42.3. The Morgan fingerprint density at radius 3 is 1.48 bits per heavy atom. The molecule has 1 amide bonds. The zero-order valence-electron chi connectivity index (χ0n) is 41.4. The quantitative estimate of drug-likeness (QED) is 0.0240. The first kappa shape index (κ1) is 61.2. The molecule has 368 valence electrons. The molecule has 0 fully saturated rings. The van der Waals surface area contributed by atoms with Gasteiger partial charge in [-0.2, -0.15) is 0 Å². The standard InChI is InChI=1S/C53H99N2O7P/c1-6-8-10-12-14-16-18-20-21-22-23-24-25-26-27-28-29-30-31-32-33-34-36-38-40-42-44-46-52(57)54-50(49-62-63(59,60)61-48-47-55(3,4)5)53(58)51(56)45-43-41-39-37-35-19-17-15-13-11-9-7-2/h8,10,14,16,20-21,23-24,37,39,50-51,53,56,58H,6-7,9,11-13,15,17-19,22,25-36,38,40-49H2,1-5H3,(H-,54,57,59,60)/b10-8-,16-14-,21-20-,24-23-,39-37+. The number of likely N-dealkylation sites (N-methyl/N-ethyl adjacent to an activating group) is 1. The van der Waals surface area contributed by atoms with Crippen LogP contribution in [0.5, 0.6) is 0 Å². The van der Waals surface area contributed by atoms with Gasteiger partial charge in [-0.1, -0.05) is 190 Å². The molecule has 0 spiro atoms. The van der Waals surface area contributed by atoms with Gasteiger partial charge >= 0.3 is 0 Å². The van der Waals surface area contributed by atoms with Crippen LogP contribution in [0.25, 0.3) is 0 Å². The second-order valence-corrected chi connectivity index (χ2v) is 20.0. The molecule has 0 rings (SSSR count). The Kier molecular flexibility index (Phi) is 42.7. The van der Waals surface area contributed by atoms with Crippen molar-refractivity contribution in [1.82, 2.24) is 5.32 Å². The highest BCUT2D eigenvalue weighted by Gasteiger charge is 2.29. The molecule has 0 aliphatic rings. The smallest absolute Gasteiger partial charge is 0.268 e. The maximum atomic E-state index is 12.9. The fourth-order valence-electron chi connectivity index (χ4n) is 7.25. The van der Waals surface area contributed by atoms with Crippen LogP contribution >= 0.6 is 7.82 Å². The number of amides is 1. The van der Waals surface area contributed by atoms with Crippen molar-refractivity contribution in [2.75, 3.05) is 40.9 Å². The summed E-state index contributed by atoms with van der Waals surface area (Å²) in [5.41, 5.74) is 0. The molecule has 0 heterocycles. The average molecular weight is 907 g/mol. The lowest BCUT2D eigenvalue weighted by Gasteiger charge is -2.31. The number of phosphoric acid groups is 1. The SMILES string of the molecule is CC/C=C\C/C=C\C/C=C\C/C=C\CCCCCCCCCCCCCCCCC(=O)NC(COP(=O)([O-])OCC[N+](C)(C)C)C(O)C(O)CCC/C=C/CCCCCCCCC. The number of nitrogens with zero attached hydrogens (tertiary/aromatic N) is 1. The van der Waals surface area contributed by atoms with Crippen molar-refractivity contribution >= 4 is 13.7 Å². The van der Waals surface area contributed by atoms with Gasteiger partial charge in [0.25, 0.3) is 7.82 Å². The van der Waals surface area contributed by atoms with Crippen LogP contribution in [-0.4, -0.2) is 79.8 Å². The van der Waals surface area contributed by atoms with Crippen LogP contribution in [0.4, 0.5) is 0 Å². The van der Waals surface area contributed by atoms with E-state index in [0.29, 0.717) is 30.3 Å². The summed E-state index contributed by atoms with van der Waals surface area (Å²) < 4.78 is 23.2. The first-order valence-corrected chi connectivity index (χ1v) is 27.2. The Morgan fingerprint density at radius 2 is 1.00 bits per heavy atom. The van der Waals surface area contributed by atoms with Gasteiger partial charge in [0, 0.05) is 6.42 Å². The second-order valence-electron chi connectivity index (χ2n) is 18.6. The van der Waals surface area contributed by atoms with E-state index < -0.39 is 32.7 Å². The van der Waals surface area contributed by atoms with Crippen molar-refractivity contribution in [3.8, 4) is 0 Å². The maximum absolute atomic E-state index is 12.9. The molecule has 3 N–H and O–H groups in total. The number of aliphatic hydroxyl groups is 2. The minimum absolute atomic E-state index is 0.0477. The number of carbonyl (C=O) groups excluding carboxylic acids is 1. The summed E-state index contributed by atoms with van der Waals surface area (Å²) in [6, 6.07) is -1.09. The van der Waals surface area contributed by atoms with Crippen LogP contribution in [0.2, 0.25) is 0 Å². The highest BCUT2D eigenvalue weighted by Crippen LogP contribution is 2.38. The number of nitrogens with one attached hydrogen (secondary N) is 1. The normalized spacial score (nSPS) is 15.1. The summed E-state index contributed by atoms with van der Waals surface area (Å²) >= 11 is 0. The molecule has 0 radical (unpaired) electrons. The van der Waals surface area contributed by atoms with Gasteiger partial charge in [0.05, 0.1) is 39.9 Å². The second kappa shape index (κ2) is 44.0. The summed E-state index contributed by atoms with van der Waals surface area (Å²) in [5.74, 6) is -0.291. The third-order valence-electron chi connectivity index (χ3n) is 11.3.